The van der Waals surface area contributed by atoms with Crippen LogP contribution in [0, 0.1) is 0 Å². The molecule has 5 nitrogen and oxygen atoms in total. The van der Waals surface area contributed by atoms with E-state index in [0.29, 0.717) is 12.2 Å². The molecular weight excluding hydrogens is 240 g/mol. The van der Waals surface area contributed by atoms with Crippen LogP contribution in [0.1, 0.15) is 5.56 Å². The molecule has 19 heavy (non-hydrogen) atoms. The Morgan fingerprint density at radius 3 is 2.47 bits per heavy atom. The van der Waals surface area contributed by atoms with Gasteiger partial charge < -0.3 is 11.1 Å². The van der Waals surface area contributed by atoms with Gasteiger partial charge in [-0.25, -0.2) is 4.79 Å². The first kappa shape index (κ1) is 12.9. The number of anilines is 2. The number of rotatable bonds is 3. The van der Waals surface area contributed by atoms with Gasteiger partial charge in [0.25, 0.3) is 0 Å². The molecule has 0 radical (unpaired) electrons. The normalized spacial score (nSPS) is 9.95. The summed E-state index contributed by atoms with van der Waals surface area (Å²) >= 11 is 0. The van der Waals surface area contributed by atoms with Gasteiger partial charge in [0.05, 0.1) is 0 Å². The summed E-state index contributed by atoms with van der Waals surface area (Å²) in [4.78, 5) is 17.4. The molecule has 5 heteroatoms. The smallest absolute Gasteiger partial charge is 0.321 e. The molecule has 1 aromatic carbocycles. The number of carbonyl (C=O) groups is 1. The monoisotopic (exact) mass is 256 g/mol. The highest BCUT2D eigenvalue weighted by Crippen LogP contribution is 2.14. The first-order valence-corrected chi connectivity index (χ1v) is 5.93. The van der Waals surface area contributed by atoms with Gasteiger partial charge in [-0.05, 0) is 42.0 Å². The van der Waals surface area contributed by atoms with Crippen molar-refractivity contribution in [1.82, 2.24) is 10.3 Å². The lowest BCUT2D eigenvalue weighted by molar-refractivity contribution is 0.247. The van der Waals surface area contributed by atoms with E-state index in [9.17, 15) is 4.79 Å². The van der Waals surface area contributed by atoms with Crippen molar-refractivity contribution < 1.29 is 4.79 Å². The molecule has 1 aromatic heterocycles. The Labute approximate surface area is 112 Å². The number of aromatic nitrogens is 1. The van der Waals surface area contributed by atoms with Gasteiger partial charge in [-0.1, -0.05) is 0 Å². The third-order valence-electron chi connectivity index (χ3n) is 2.78. The van der Waals surface area contributed by atoms with Gasteiger partial charge in [-0.2, -0.15) is 0 Å². The molecule has 0 fully saturated rings. The van der Waals surface area contributed by atoms with E-state index in [4.69, 9.17) is 5.73 Å². The number of pyridine rings is 1. The molecule has 0 unspecified atom stereocenters. The molecule has 2 amide bonds. The number of hydrogen-bond donors (Lipinski definition) is 2. The van der Waals surface area contributed by atoms with Crippen molar-refractivity contribution in [2.75, 3.05) is 17.7 Å². The van der Waals surface area contributed by atoms with Crippen molar-refractivity contribution in [1.29, 1.82) is 0 Å². The molecule has 98 valence electrons. The van der Waals surface area contributed by atoms with Crippen LogP contribution in [-0.2, 0) is 6.54 Å². The van der Waals surface area contributed by atoms with Gasteiger partial charge in [0, 0.05) is 37.4 Å². The molecule has 0 aliphatic rings. The molecule has 0 spiro atoms. The second kappa shape index (κ2) is 5.86. The lowest BCUT2D eigenvalue weighted by Gasteiger charge is -2.18. The maximum atomic E-state index is 12.0. The van der Waals surface area contributed by atoms with E-state index in [1.54, 1.807) is 48.6 Å². The fraction of sp³-hybridized carbons (Fsp3) is 0.143. The van der Waals surface area contributed by atoms with Crippen molar-refractivity contribution in [2.24, 2.45) is 0 Å². The van der Waals surface area contributed by atoms with E-state index in [-0.39, 0.29) is 6.03 Å². The number of nitrogens with two attached hydrogens (primary N) is 1. The second-order valence-electron chi connectivity index (χ2n) is 4.16. The first-order chi connectivity index (χ1) is 9.16. The van der Waals surface area contributed by atoms with Crippen molar-refractivity contribution >= 4 is 17.4 Å². The summed E-state index contributed by atoms with van der Waals surface area (Å²) in [5.74, 6) is 0. The standard InChI is InChI=1S/C14H16N4O/c1-18(13-4-2-12(15)3-5-13)14(19)17-10-11-6-8-16-9-7-11/h2-9H,10,15H2,1H3,(H,17,19). The Hall–Kier alpha value is -2.56. The number of hydrogen-bond acceptors (Lipinski definition) is 3. The van der Waals surface area contributed by atoms with Gasteiger partial charge in [0.15, 0.2) is 0 Å². The largest absolute Gasteiger partial charge is 0.399 e. The summed E-state index contributed by atoms with van der Waals surface area (Å²) in [6.07, 6.45) is 3.40. The zero-order chi connectivity index (χ0) is 13.7. The topological polar surface area (TPSA) is 71.2 Å². The molecule has 1 heterocycles. The Morgan fingerprint density at radius 1 is 1.21 bits per heavy atom. The fourth-order valence-electron chi connectivity index (χ4n) is 1.61. The minimum Gasteiger partial charge on any atom is -0.399 e. The third-order valence-corrected chi connectivity index (χ3v) is 2.78. The third kappa shape index (κ3) is 3.45. The lowest BCUT2D eigenvalue weighted by Crippen LogP contribution is -2.36. The van der Waals surface area contributed by atoms with Crippen LogP contribution in [0.5, 0.6) is 0 Å². The zero-order valence-electron chi connectivity index (χ0n) is 10.7. The maximum Gasteiger partial charge on any atom is 0.321 e. The van der Waals surface area contributed by atoms with E-state index in [2.05, 4.69) is 10.3 Å². The zero-order valence-corrected chi connectivity index (χ0v) is 10.7. The Balaban J connectivity index is 1.94. The molecule has 0 aliphatic heterocycles. The van der Waals surface area contributed by atoms with Crippen molar-refractivity contribution in [2.45, 2.75) is 6.54 Å². The maximum absolute atomic E-state index is 12.0. The number of benzene rings is 1. The predicted octanol–water partition coefficient (Wildman–Crippen LogP) is 2.01. The Morgan fingerprint density at radius 2 is 1.84 bits per heavy atom. The number of urea groups is 1. The second-order valence-corrected chi connectivity index (χ2v) is 4.16. The summed E-state index contributed by atoms with van der Waals surface area (Å²) in [5.41, 5.74) is 8.09. The highest BCUT2D eigenvalue weighted by atomic mass is 16.2. The molecule has 0 bridgehead atoms. The molecule has 0 saturated heterocycles. The molecule has 0 atom stereocenters. The number of nitrogen functional groups attached to an aromatic ring is 1. The molecule has 0 saturated carbocycles. The van der Waals surface area contributed by atoms with E-state index in [1.807, 2.05) is 12.1 Å². The van der Waals surface area contributed by atoms with Gasteiger partial charge in [0.2, 0.25) is 0 Å². The van der Waals surface area contributed by atoms with Crippen LogP contribution in [0.25, 0.3) is 0 Å². The molecular formula is C14H16N4O. The number of amides is 2. The molecule has 2 rings (SSSR count). The van der Waals surface area contributed by atoms with E-state index >= 15 is 0 Å². The quantitative estimate of drug-likeness (QED) is 0.825. The number of nitrogens with zero attached hydrogens (tertiary/aromatic N) is 2. The predicted molar refractivity (Wildman–Crippen MR) is 75.7 cm³/mol. The summed E-state index contributed by atoms with van der Waals surface area (Å²) in [7, 11) is 1.72. The first-order valence-electron chi connectivity index (χ1n) is 5.93. The van der Waals surface area contributed by atoms with Gasteiger partial charge in [-0.3, -0.25) is 9.88 Å². The van der Waals surface area contributed by atoms with Crippen molar-refractivity contribution in [3.8, 4) is 0 Å². The van der Waals surface area contributed by atoms with Crippen LogP contribution >= 0.6 is 0 Å². The van der Waals surface area contributed by atoms with E-state index in [1.165, 1.54) is 0 Å². The lowest BCUT2D eigenvalue weighted by atomic mass is 10.2. The van der Waals surface area contributed by atoms with Crippen molar-refractivity contribution in [3.05, 3.63) is 54.4 Å². The average molecular weight is 256 g/mol. The summed E-state index contributed by atoms with van der Waals surface area (Å²) < 4.78 is 0. The Bertz CT molecular complexity index is 539. The Kier molecular flexibility index (Phi) is 3.97. The average Bonchev–Trinajstić information content (AvgIpc) is 2.46. The van der Waals surface area contributed by atoms with E-state index < -0.39 is 0 Å². The summed E-state index contributed by atoms with van der Waals surface area (Å²) in [5, 5.41) is 2.84. The summed E-state index contributed by atoms with van der Waals surface area (Å²) in [6.45, 7) is 0.473. The van der Waals surface area contributed by atoms with Gasteiger partial charge in [0.1, 0.15) is 0 Å². The summed E-state index contributed by atoms with van der Waals surface area (Å²) in [6, 6.07) is 10.7. The van der Waals surface area contributed by atoms with Crippen LogP contribution in [0.2, 0.25) is 0 Å². The van der Waals surface area contributed by atoms with Crippen LogP contribution in [0.3, 0.4) is 0 Å². The number of nitrogens with one attached hydrogen (secondary N) is 1. The fourth-order valence-corrected chi connectivity index (χ4v) is 1.61. The van der Waals surface area contributed by atoms with Crippen LogP contribution in [0.15, 0.2) is 48.8 Å². The molecule has 0 aliphatic carbocycles. The van der Waals surface area contributed by atoms with Crippen LogP contribution in [0.4, 0.5) is 16.2 Å². The minimum absolute atomic E-state index is 0.165. The SMILES string of the molecule is CN(C(=O)NCc1ccncc1)c1ccc(N)cc1. The molecule has 2 aromatic rings. The van der Waals surface area contributed by atoms with Gasteiger partial charge in [-0.15, -0.1) is 0 Å². The van der Waals surface area contributed by atoms with Crippen LogP contribution < -0.4 is 16.0 Å². The van der Waals surface area contributed by atoms with Crippen molar-refractivity contribution in [3.63, 3.8) is 0 Å². The highest BCUT2D eigenvalue weighted by Gasteiger charge is 2.09. The van der Waals surface area contributed by atoms with E-state index in [0.717, 1.165) is 11.3 Å². The molecule has 3 N–H and O–H groups in total. The number of carbonyl (C=O) groups excluding carboxylic acids is 1. The minimum atomic E-state index is -0.165. The highest BCUT2D eigenvalue weighted by molar-refractivity contribution is 5.91. The van der Waals surface area contributed by atoms with Crippen LogP contribution in [-0.4, -0.2) is 18.1 Å². The van der Waals surface area contributed by atoms with Gasteiger partial charge >= 0.3 is 6.03 Å².